The Morgan fingerprint density at radius 3 is 2.57 bits per heavy atom. The van der Waals surface area contributed by atoms with E-state index in [0.717, 1.165) is 15.7 Å². The molecule has 0 unspecified atom stereocenters. The molecule has 6 nitrogen and oxygen atoms in total. The summed E-state index contributed by atoms with van der Waals surface area (Å²) in [4.78, 5) is 11.7. The van der Waals surface area contributed by atoms with Crippen LogP contribution in [0.1, 0.15) is 22.8 Å². The Hall–Kier alpha value is -2.13. The third-order valence-corrected chi connectivity index (χ3v) is 5.45. The molecule has 30 heavy (non-hydrogen) atoms. The second kappa shape index (κ2) is 10.3. The zero-order valence-corrected chi connectivity index (χ0v) is 19.7. The van der Waals surface area contributed by atoms with Crippen LogP contribution in [0.5, 0.6) is 0 Å². The SMILES string of the molecule is CCOC(=O)c1ccc(NC(=S)Nc2nn(Cc3ccc(Cl)c(Cl)c3)cc2Br)cc1. The van der Waals surface area contributed by atoms with Gasteiger partial charge < -0.3 is 15.4 Å². The Labute approximate surface area is 197 Å². The van der Waals surface area contributed by atoms with Crippen molar-refractivity contribution in [3.8, 4) is 0 Å². The summed E-state index contributed by atoms with van der Waals surface area (Å²) in [5.74, 6) is 0.205. The van der Waals surface area contributed by atoms with Gasteiger partial charge in [-0.1, -0.05) is 29.3 Å². The number of aromatic nitrogens is 2. The van der Waals surface area contributed by atoms with Crippen molar-refractivity contribution in [3.05, 3.63) is 74.3 Å². The predicted molar refractivity (Wildman–Crippen MR) is 128 cm³/mol. The minimum Gasteiger partial charge on any atom is -0.462 e. The third-order valence-electron chi connectivity index (χ3n) is 3.93. The number of nitrogens with one attached hydrogen (secondary N) is 2. The van der Waals surface area contributed by atoms with Crippen molar-refractivity contribution in [1.82, 2.24) is 9.78 Å². The quantitative estimate of drug-likeness (QED) is 0.303. The maximum atomic E-state index is 11.7. The largest absolute Gasteiger partial charge is 0.462 e. The molecule has 0 bridgehead atoms. The van der Waals surface area contributed by atoms with Crippen LogP contribution in [0, 0.1) is 0 Å². The summed E-state index contributed by atoms with van der Waals surface area (Å²) in [6.07, 6.45) is 1.83. The molecule has 0 aliphatic heterocycles. The highest BCUT2D eigenvalue weighted by Gasteiger charge is 2.10. The van der Waals surface area contributed by atoms with Crippen molar-refractivity contribution in [2.75, 3.05) is 17.2 Å². The molecule has 0 fully saturated rings. The number of esters is 1. The smallest absolute Gasteiger partial charge is 0.338 e. The van der Waals surface area contributed by atoms with E-state index >= 15 is 0 Å². The highest BCUT2D eigenvalue weighted by Crippen LogP contribution is 2.25. The van der Waals surface area contributed by atoms with E-state index in [0.29, 0.717) is 39.7 Å². The molecule has 156 valence electrons. The fourth-order valence-corrected chi connectivity index (χ4v) is 3.51. The number of ether oxygens (including phenoxy) is 1. The van der Waals surface area contributed by atoms with Crippen LogP contribution in [0.4, 0.5) is 11.5 Å². The number of halogens is 3. The van der Waals surface area contributed by atoms with Crippen LogP contribution < -0.4 is 10.6 Å². The van der Waals surface area contributed by atoms with Crippen molar-refractivity contribution in [1.29, 1.82) is 0 Å². The summed E-state index contributed by atoms with van der Waals surface area (Å²) in [5, 5.41) is 12.0. The maximum Gasteiger partial charge on any atom is 0.338 e. The molecule has 3 aromatic rings. The minimum absolute atomic E-state index is 0.333. The van der Waals surface area contributed by atoms with Crippen LogP contribution in [-0.4, -0.2) is 27.5 Å². The monoisotopic (exact) mass is 526 g/mol. The van der Waals surface area contributed by atoms with Crippen molar-refractivity contribution in [2.24, 2.45) is 0 Å². The van der Waals surface area contributed by atoms with E-state index in [1.54, 1.807) is 48.0 Å². The van der Waals surface area contributed by atoms with Crippen LogP contribution >= 0.6 is 51.3 Å². The molecule has 10 heteroatoms. The molecular formula is C20H17BrCl2N4O2S. The van der Waals surface area contributed by atoms with E-state index in [-0.39, 0.29) is 5.97 Å². The molecule has 0 radical (unpaired) electrons. The highest BCUT2D eigenvalue weighted by atomic mass is 79.9. The molecular weight excluding hydrogens is 511 g/mol. The van der Waals surface area contributed by atoms with Crippen LogP contribution in [0.15, 0.2) is 53.1 Å². The van der Waals surface area contributed by atoms with Gasteiger partial charge in [0.05, 0.1) is 33.2 Å². The summed E-state index contributed by atoms with van der Waals surface area (Å²) in [6, 6.07) is 12.3. The molecule has 0 aliphatic rings. The van der Waals surface area contributed by atoms with E-state index in [1.165, 1.54) is 0 Å². The lowest BCUT2D eigenvalue weighted by atomic mass is 10.2. The molecule has 0 atom stereocenters. The average molecular weight is 528 g/mol. The zero-order chi connectivity index (χ0) is 21.7. The average Bonchev–Trinajstić information content (AvgIpc) is 3.04. The second-order valence-electron chi connectivity index (χ2n) is 6.15. The number of nitrogens with zero attached hydrogens (tertiary/aromatic N) is 2. The number of anilines is 2. The summed E-state index contributed by atoms with van der Waals surface area (Å²) >= 11 is 20.9. The molecule has 2 N–H and O–H groups in total. The minimum atomic E-state index is -0.360. The second-order valence-corrected chi connectivity index (χ2v) is 8.23. The van der Waals surface area contributed by atoms with Gasteiger partial charge in [-0.2, -0.15) is 5.10 Å². The zero-order valence-electron chi connectivity index (χ0n) is 15.8. The fourth-order valence-electron chi connectivity index (χ4n) is 2.56. The first-order valence-corrected chi connectivity index (χ1v) is 10.8. The number of carbonyl (C=O) groups is 1. The number of hydrogen-bond acceptors (Lipinski definition) is 4. The topological polar surface area (TPSA) is 68.2 Å². The molecule has 0 saturated heterocycles. The molecule has 0 saturated carbocycles. The number of thiocarbonyl (C=S) groups is 1. The van der Waals surface area contributed by atoms with Gasteiger partial charge in [0.15, 0.2) is 10.9 Å². The Morgan fingerprint density at radius 2 is 1.90 bits per heavy atom. The van der Waals surface area contributed by atoms with Gasteiger partial charge in [-0.05, 0) is 77.0 Å². The standard InChI is InChI=1S/C20H17BrCl2N4O2S/c1-2-29-19(28)13-4-6-14(7-5-13)24-20(30)25-18-15(21)11-27(26-18)10-12-3-8-16(22)17(23)9-12/h3-9,11H,2,10H2,1H3,(H2,24,25,26,30). The first-order chi connectivity index (χ1) is 14.4. The normalized spacial score (nSPS) is 10.5. The van der Waals surface area contributed by atoms with E-state index in [4.69, 9.17) is 40.2 Å². The van der Waals surface area contributed by atoms with Crippen LogP contribution in [0.25, 0.3) is 0 Å². The lowest BCUT2D eigenvalue weighted by Crippen LogP contribution is -2.20. The predicted octanol–water partition coefficient (Wildman–Crippen LogP) is 5.99. The summed E-state index contributed by atoms with van der Waals surface area (Å²) in [7, 11) is 0. The van der Waals surface area contributed by atoms with Gasteiger partial charge in [-0.15, -0.1) is 0 Å². The Bertz CT molecular complexity index is 1070. The molecule has 1 aromatic heterocycles. The summed E-state index contributed by atoms with van der Waals surface area (Å²) in [6.45, 7) is 2.62. The van der Waals surface area contributed by atoms with Gasteiger partial charge in [0.1, 0.15) is 0 Å². The van der Waals surface area contributed by atoms with Crippen molar-refractivity contribution >= 4 is 73.9 Å². The molecule has 1 heterocycles. The molecule has 2 aromatic carbocycles. The van der Waals surface area contributed by atoms with Gasteiger partial charge >= 0.3 is 5.97 Å². The van der Waals surface area contributed by atoms with E-state index < -0.39 is 0 Å². The molecule has 0 aliphatic carbocycles. The van der Waals surface area contributed by atoms with Crippen LogP contribution in [0.2, 0.25) is 10.0 Å². The highest BCUT2D eigenvalue weighted by molar-refractivity contribution is 9.10. The van der Waals surface area contributed by atoms with E-state index in [9.17, 15) is 4.79 Å². The first-order valence-electron chi connectivity index (χ1n) is 8.87. The number of carbonyl (C=O) groups excluding carboxylic acids is 1. The van der Waals surface area contributed by atoms with Gasteiger partial charge in [0.2, 0.25) is 0 Å². The Morgan fingerprint density at radius 1 is 1.17 bits per heavy atom. The van der Waals surface area contributed by atoms with Crippen molar-refractivity contribution < 1.29 is 9.53 Å². The maximum absolute atomic E-state index is 11.7. The van der Waals surface area contributed by atoms with Gasteiger partial charge in [-0.25, -0.2) is 4.79 Å². The number of benzene rings is 2. The van der Waals surface area contributed by atoms with Crippen molar-refractivity contribution in [3.63, 3.8) is 0 Å². The lowest BCUT2D eigenvalue weighted by molar-refractivity contribution is 0.0526. The summed E-state index contributed by atoms with van der Waals surface area (Å²) in [5.41, 5.74) is 2.17. The number of hydrogen-bond donors (Lipinski definition) is 2. The third kappa shape index (κ3) is 5.95. The van der Waals surface area contributed by atoms with Crippen LogP contribution in [-0.2, 0) is 11.3 Å². The van der Waals surface area contributed by atoms with Crippen molar-refractivity contribution in [2.45, 2.75) is 13.5 Å². The van der Waals surface area contributed by atoms with Gasteiger partial charge in [0.25, 0.3) is 0 Å². The molecule has 0 spiro atoms. The van der Waals surface area contributed by atoms with Gasteiger partial charge in [-0.3, -0.25) is 4.68 Å². The van der Waals surface area contributed by atoms with Gasteiger partial charge in [0, 0.05) is 11.9 Å². The first kappa shape index (κ1) is 22.6. The van der Waals surface area contributed by atoms with E-state index in [1.807, 2.05) is 12.3 Å². The summed E-state index contributed by atoms with van der Waals surface area (Å²) < 4.78 is 7.48. The Kier molecular flexibility index (Phi) is 7.71. The fraction of sp³-hybridized carbons (Fsp3) is 0.150. The molecule has 0 amide bonds. The van der Waals surface area contributed by atoms with E-state index in [2.05, 4.69) is 31.7 Å². The van der Waals surface area contributed by atoms with Crippen LogP contribution in [0.3, 0.4) is 0 Å². The molecule has 3 rings (SSSR count). The Balaban J connectivity index is 1.61. The number of rotatable bonds is 6. The lowest BCUT2D eigenvalue weighted by Gasteiger charge is -2.10.